The molecule has 3 aromatic rings. The molecular formula is C16H17N8O19P3. The Morgan fingerprint density at radius 2 is 1.54 bits per heavy atom. The van der Waals surface area contributed by atoms with Crippen LogP contribution in [0.2, 0.25) is 0 Å². The molecule has 0 bridgehead atoms. The van der Waals surface area contributed by atoms with Crippen LogP contribution in [-0.4, -0.2) is 83.9 Å². The van der Waals surface area contributed by atoms with Crippen molar-refractivity contribution in [1.82, 2.24) is 19.5 Å². The van der Waals surface area contributed by atoms with Crippen molar-refractivity contribution in [2.45, 2.75) is 24.5 Å². The minimum Gasteiger partial charge on any atom is -0.471 e. The topological polar surface area (TPSA) is 398 Å². The van der Waals surface area contributed by atoms with Gasteiger partial charge in [-0.05, 0) is 0 Å². The maximum atomic E-state index is 12.2. The SMILES string of the molecule is Nc1ncnc2c1ncn2[C@@H]1O[C@H](COP(=O)(O)OP(=O)(O)OP(=O)(O)O)[C@@H](O)[C@H]1Oc1c([N+](=O)[O-])cc([N+](=O)[O-])cc1[N+](=O)[O-]. The second-order valence-corrected chi connectivity index (χ2v) is 13.1. The van der Waals surface area contributed by atoms with E-state index < -0.39 is 92.2 Å². The number of nitrogens with two attached hydrogens (primary N) is 1. The average molecular weight is 718 g/mol. The summed E-state index contributed by atoms with van der Waals surface area (Å²) in [7, 11) is -17.4. The monoisotopic (exact) mass is 718 g/mol. The highest BCUT2D eigenvalue weighted by Crippen LogP contribution is 2.66. The van der Waals surface area contributed by atoms with E-state index in [1.54, 1.807) is 0 Å². The zero-order valence-corrected chi connectivity index (χ0v) is 24.5. The van der Waals surface area contributed by atoms with Crippen molar-refractivity contribution in [1.29, 1.82) is 0 Å². The van der Waals surface area contributed by atoms with Gasteiger partial charge in [0.05, 0.1) is 39.8 Å². The first-order valence-electron chi connectivity index (χ1n) is 11.5. The van der Waals surface area contributed by atoms with E-state index in [9.17, 15) is 58.9 Å². The number of aliphatic hydroxyl groups excluding tert-OH is 1. The fourth-order valence-corrected chi connectivity index (χ4v) is 6.98. The summed E-state index contributed by atoms with van der Waals surface area (Å²) in [5.41, 5.74) is 1.95. The molecule has 1 aromatic carbocycles. The predicted octanol–water partition coefficient (Wildman–Crippen LogP) is 0.182. The van der Waals surface area contributed by atoms with Crippen molar-refractivity contribution in [2.75, 3.05) is 12.3 Å². The van der Waals surface area contributed by atoms with Crippen LogP contribution in [0.5, 0.6) is 5.75 Å². The number of hydrogen-bond donors (Lipinski definition) is 6. The maximum Gasteiger partial charge on any atom is 0.490 e. The first-order valence-corrected chi connectivity index (χ1v) is 16.0. The Bertz CT molecular complexity index is 1830. The lowest BCUT2D eigenvalue weighted by atomic mass is 10.1. The van der Waals surface area contributed by atoms with Crippen LogP contribution in [0, 0.1) is 30.3 Å². The number of phosphoric acid groups is 3. The van der Waals surface area contributed by atoms with E-state index in [0.717, 1.165) is 17.2 Å². The van der Waals surface area contributed by atoms with Crippen molar-refractivity contribution >= 4 is 57.5 Å². The molecule has 1 fully saturated rings. The highest BCUT2D eigenvalue weighted by Gasteiger charge is 2.50. The Balaban J connectivity index is 1.73. The zero-order chi connectivity index (χ0) is 34.4. The van der Waals surface area contributed by atoms with Gasteiger partial charge in [-0.1, -0.05) is 0 Å². The highest BCUT2D eigenvalue weighted by atomic mass is 31.3. The smallest absolute Gasteiger partial charge is 0.471 e. The number of aliphatic hydroxyl groups is 1. The van der Waals surface area contributed by atoms with Crippen LogP contribution in [0.1, 0.15) is 6.23 Å². The van der Waals surface area contributed by atoms with Crippen molar-refractivity contribution in [3.8, 4) is 5.75 Å². The molecule has 1 saturated heterocycles. The van der Waals surface area contributed by atoms with Crippen molar-refractivity contribution < 1.29 is 75.8 Å². The molecule has 0 aliphatic carbocycles. The second kappa shape index (κ2) is 12.6. The third-order valence-electron chi connectivity index (χ3n) is 5.68. The molecule has 6 atom stereocenters. The lowest BCUT2D eigenvalue weighted by molar-refractivity contribution is -0.404. The Morgan fingerprint density at radius 1 is 0.935 bits per heavy atom. The summed E-state index contributed by atoms with van der Waals surface area (Å²) >= 11 is 0. The first-order chi connectivity index (χ1) is 21.2. The van der Waals surface area contributed by atoms with Gasteiger partial charge in [0.25, 0.3) is 11.4 Å². The largest absolute Gasteiger partial charge is 0.490 e. The number of benzene rings is 1. The molecular weight excluding hydrogens is 701 g/mol. The van der Waals surface area contributed by atoms with Crippen LogP contribution in [-0.2, 0) is 31.6 Å². The number of hydrogen-bond acceptors (Lipinski definition) is 19. The number of non-ortho nitro benzene ring substituents is 1. The molecule has 0 spiro atoms. The van der Waals surface area contributed by atoms with Crippen LogP contribution in [0.25, 0.3) is 11.2 Å². The molecule has 7 N–H and O–H groups in total. The maximum absolute atomic E-state index is 12.2. The van der Waals surface area contributed by atoms with E-state index in [4.69, 9.17) is 25.0 Å². The van der Waals surface area contributed by atoms with Gasteiger partial charge in [0, 0.05) is 0 Å². The molecule has 46 heavy (non-hydrogen) atoms. The lowest BCUT2D eigenvalue weighted by Crippen LogP contribution is -2.38. The molecule has 0 radical (unpaired) electrons. The zero-order valence-electron chi connectivity index (χ0n) is 21.8. The van der Waals surface area contributed by atoms with Gasteiger partial charge in [0.1, 0.15) is 24.1 Å². The molecule has 1 aliphatic heterocycles. The molecule has 30 heteroatoms. The molecule has 2 unspecified atom stereocenters. The molecule has 0 amide bonds. The normalized spacial score (nSPS) is 22.6. The van der Waals surface area contributed by atoms with E-state index >= 15 is 0 Å². The van der Waals surface area contributed by atoms with E-state index in [2.05, 4.69) is 28.1 Å². The van der Waals surface area contributed by atoms with Crippen LogP contribution < -0.4 is 10.5 Å². The minimum atomic E-state index is -5.94. The Kier molecular flexibility index (Phi) is 9.52. The fraction of sp³-hybridized carbons (Fsp3) is 0.312. The minimum absolute atomic E-state index is 0.0525. The van der Waals surface area contributed by atoms with E-state index in [1.165, 1.54) is 0 Å². The molecule has 250 valence electrons. The van der Waals surface area contributed by atoms with Crippen molar-refractivity contribution in [3.05, 3.63) is 55.1 Å². The molecule has 2 aromatic heterocycles. The second-order valence-electron chi connectivity index (χ2n) is 8.69. The highest BCUT2D eigenvalue weighted by molar-refractivity contribution is 7.66. The summed E-state index contributed by atoms with van der Waals surface area (Å²) in [6.45, 7) is -1.27. The number of imidazole rings is 1. The Hall–Kier alpha value is -4.10. The third kappa shape index (κ3) is 7.64. The van der Waals surface area contributed by atoms with E-state index in [1.807, 2.05) is 0 Å². The summed E-state index contributed by atoms with van der Waals surface area (Å²) in [6.07, 6.45) is -5.78. The standard InChI is InChI=1S/C16H17N8O19P3/c17-14-10-15(19-4-18-14)21(5-20-10)16-13(41-12-7(23(28)29)1-6(22(26)27)2-8(12)24(30)31)11(25)9(40-16)3-39-45(35,36)43-46(37,38)42-44(32,33)34/h1-2,4-5,9,11,13,16,25H,3H2,(H,35,36)(H,37,38)(H2,17,18,19)(H2,32,33,34)/t9-,11-,13-,16-/m1/s1. The van der Waals surface area contributed by atoms with Crippen molar-refractivity contribution in [3.63, 3.8) is 0 Å². The van der Waals surface area contributed by atoms with E-state index in [-0.39, 0.29) is 17.0 Å². The molecule has 0 saturated carbocycles. The lowest BCUT2D eigenvalue weighted by Gasteiger charge is -2.22. The van der Waals surface area contributed by atoms with Gasteiger partial charge in [-0.3, -0.25) is 39.4 Å². The number of nitrogens with zero attached hydrogens (tertiary/aromatic N) is 7. The number of ether oxygens (including phenoxy) is 2. The van der Waals surface area contributed by atoms with Crippen LogP contribution in [0.3, 0.4) is 0 Å². The summed E-state index contributed by atoms with van der Waals surface area (Å²) < 4.78 is 58.5. The number of nitro groups is 3. The van der Waals surface area contributed by atoms with E-state index in [0.29, 0.717) is 12.1 Å². The van der Waals surface area contributed by atoms with Gasteiger partial charge in [-0.15, -0.1) is 0 Å². The van der Waals surface area contributed by atoms with Crippen molar-refractivity contribution in [2.24, 2.45) is 0 Å². The van der Waals surface area contributed by atoms with Gasteiger partial charge >= 0.3 is 34.8 Å². The van der Waals surface area contributed by atoms with Crippen LogP contribution in [0.4, 0.5) is 22.9 Å². The third-order valence-corrected chi connectivity index (χ3v) is 9.49. The number of phosphoric ester groups is 1. The Morgan fingerprint density at radius 3 is 2.09 bits per heavy atom. The molecule has 3 heterocycles. The average Bonchev–Trinajstić information content (AvgIpc) is 3.47. The summed E-state index contributed by atoms with van der Waals surface area (Å²) in [5.74, 6) is -1.35. The van der Waals surface area contributed by atoms with Gasteiger partial charge < -0.3 is 39.9 Å². The van der Waals surface area contributed by atoms with Crippen LogP contribution >= 0.6 is 23.5 Å². The predicted molar refractivity (Wildman–Crippen MR) is 140 cm³/mol. The summed E-state index contributed by atoms with van der Waals surface area (Å²) in [6, 6.07) is 0.680. The van der Waals surface area contributed by atoms with Gasteiger partial charge in [-0.2, -0.15) is 8.62 Å². The molecule has 1 aliphatic rings. The number of rotatable bonds is 13. The number of anilines is 1. The number of aromatic nitrogens is 4. The molecule has 27 nitrogen and oxygen atoms in total. The quantitative estimate of drug-likeness (QED) is 0.0779. The van der Waals surface area contributed by atoms with Gasteiger partial charge in [0.2, 0.25) is 0 Å². The summed E-state index contributed by atoms with van der Waals surface area (Å²) in [4.78, 5) is 79.2. The fourth-order valence-electron chi connectivity index (χ4n) is 3.95. The molecule has 4 rings (SSSR count). The van der Waals surface area contributed by atoms with Gasteiger partial charge in [0.15, 0.2) is 23.8 Å². The van der Waals surface area contributed by atoms with Crippen LogP contribution in [0.15, 0.2) is 24.8 Å². The summed E-state index contributed by atoms with van der Waals surface area (Å²) in [5, 5.41) is 45.9. The number of nitro benzene ring substituents is 3. The van der Waals surface area contributed by atoms with Gasteiger partial charge in [-0.25, -0.2) is 28.6 Å². The Labute approximate surface area is 251 Å². The first kappa shape index (κ1) is 34.8. The number of fused-ring (bicyclic) bond motifs is 1. The number of nitrogen functional groups attached to an aromatic ring is 1.